The van der Waals surface area contributed by atoms with Gasteiger partial charge < -0.3 is 10.4 Å². The van der Waals surface area contributed by atoms with Gasteiger partial charge in [0.15, 0.2) is 0 Å². The summed E-state index contributed by atoms with van der Waals surface area (Å²) in [7, 11) is 0. The highest BCUT2D eigenvalue weighted by Crippen LogP contribution is 2.16. The van der Waals surface area contributed by atoms with E-state index in [0.29, 0.717) is 25.1 Å². The van der Waals surface area contributed by atoms with Gasteiger partial charge >= 0.3 is 5.97 Å². The molecular weight excluding hydrogens is 323 g/mol. The number of likely N-dealkylation sites (tertiary alicyclic amines) is 1. The lowest BCUT2D eigenvalue weighted by Gasteiger charge is -2.35. The van der Waals surface area contributed by atoms with Gasteiger partial charge in [0.1, 0.15) is 11.9 Å². The smallest absolute Gasteiger partial charge is 0.320 e. The van der Waals surface area contributed by atoms with E-state index in [1.165, 1.54) is 24.3 Å². The lowest BCUT2D eigenvalue weighted by molar-refractivity contribution is -0.143. The summed E-state index contributed by atoms with van der Waals surface area (Å²) in [5.41, 5.74) is 0.431. The van der Waals surface area contributed by atoms with Crippen molar-refractivity contribution in [2.45, 2.75) is 38.3 Å². The molecule has 0 saturated carbocycles. The van der Waals surface area contributed by atoms with E-state index in [0.717, 1.165) is 12.8 Å². The van der Waals surface area contributed by atoms with Crippen LogP contribution >= 0.6 is 12.4 Å². The predicted octanol–water partition coefficient (Wildman–Crippen LogP) is 2.30. The molecule has 23 heavy (non-hydrogen) atoms. The molecule has 1 aromatic rings. The van der Waals surface area contributed by atoms with Crippen LogP contribution in [0.3, 0.4) is 0 Å². The van der Waals surface area contributed by atoms with E-state index in [1.54, 1.807) is 0 Å². The van der Waals surface area contributed by atoms with Crippen molar-refractivity contribution in [1.29, 1.82) is 0 Å². The van der Waals surface area contributed by atoms with Gasteiger partial charge in [-0.15, -0.1) is 12.4 Å². The average molecular weight is 345 g/mol. The average Bonchev–Trinajstić information content (AvgIpc) is 2.50. The molecule has 1 aliphatic heterocycles. The fraction of sp³-hybridized carbons (Fsp3) is 0.500. The predicted molar refractivity (Wildman–Crippen MR) is 87.4 cm³/mol. The Bertz CT molecular complexity index is 531. The maximum absolute atomic E-state index is 12.8. The molecule has 0 aliphatic carbocycles. The normalized spacial score (nSPS) is 17.1. The van der Waals surface area contributed by atoms with Gasteiger partial charge in [0.25, 0.3) is 5.91 Å². The maximum Gasteiger partial charge on any atom is 0.320 e. The minimum Gasteiger partial charge on any atom is -0.480 e. The van der Waals surface area contributed by atoms with Crippen molar-refractivity contribution in [2.24, 2.45) is 0 Å². The largest absolute Gasteiger partial charge is 0.480 e. The zero-order chi connectivity index (χ0) is 16.1. The summed E-state index contributed by atoms with van der Waals surface area (Å²) in [6.45, 7) is 3.17. The second kappa shape index (κ2) is 8.84. The Morgan fingerprint density at radius 1 is 1.30 bits per heavy atom. The van der Waals surface area contributed by atoms with Crippen LogP contribution < -0.4 is 5.32 Å². The van der Waals surface area contributed by atoms with E-state index in [4.69, 9.17) is 5.11 Å². The molecule has 0 radical (unpaired) electrons. The molecular formula is C16H22ClFN2O3. The number of nitrogens with zero attached hydrogens (tertiary/aromatic N) is 1. The summed E-state index contributed by atoms with van der Waals surface area (Å²) in [6, 6.07) is 5.01. The Hall–Kier alpha value is -1.66. The Kier molecular flexibility index (Phi) is 7.45. The molecule has 0 bridgehead atoms. The molecule has 5 nitrogen and oxygen atoms in total. The minimum atomic E-state index is -0.795. The number of rotatable bonds is 5. The van der Waals surface area contributed by atoms with Crippen LogP contribution in [-0.2, 0) is 4.79 Å². The number of aliphatic carboxylic acids is 1. The van der Waals surface area contributed by atoms with E-state index < -0.39 is 12.0 Å². The number of carbonyl (C=O) groups is 2. The van der Waals surface area contributed by atoms with Gasteiger partial charge in [0, 0.05) is 24.7 Å². The van der Waals surface area contributed by atoms with Crippen LogP contribution in [0.2, 0.25) is 0 Å². The van der Waals surface area contributed by atoms with Crippen LogP contribution in [0.25, 0.3) is 0 Å². The van der Waals surface area contributed by atoms with Crippen molar-refractivity contribution < 1.29 is 19.1 Å². The number of carboxylic acids is 1. The number of carbonyl (C=O) groups excluding carboxylic acids is 1. The van der Waals surface area contributed by atoms with Crippen LogP contribution in [0.15, 0.2) is 24.3 Å². The Balaban J connectivity index is 0.00000264. The molecule has 1 atom stereocenters. The van der Waals surface area contributed by atoms with Crippen LogP contribution in [0.4, 0.5) is 4.39 Å². The van der Waals surface area contributed by atoms with Crippen molar-refractivity contribution in [3.05, 3.63) is 35.6 Å². The summed E-state index contributed by atoms with van der Waals surface area (Å²) >= 11 is 0. The Morgan fingerprint density at radius 3 is 2.35 bits per heavy atom. The van der Waals surface area contributed by atoms with E-state index >= 15 is 0 Å². The molecule has 128 valence electrons. The lowest BCUT2D eigenvalue weighted by Crippen LogP contribution is -2.50. The molecule has 1 aliphatic rings. The molecule has 1 aromatic carbocycles. The van der Waals surface area contributed by atoms with Crippen molar-refractivity contribution in [3.63, 3.8) is 0 Å². The number of amides is 1. The molecule has 1 amide bonds. The van der Waals surface area contributed by atoms with E-state index in [9.17, 15) is 14.0 Å². The number of hydrogen-bond donors (Lipinski definition) is 2. The molecule has 1 heterocycles. The van der Waals surface area contributed by atoms with Crippen molar-refractivity contribution in [3.8, 4) is 0 Å². The summed E-state index contributed by atoms with van der Waals surface area (Å²) in [6.07, 6.45) is 2.01. The number of benzene rings is 1. The first kappa shape index (κ1) is 19.4. The maximum atomic E-state index is 12.8. The van der Waals surface area contributed by atoms with Crippen LogP contribution in [-0.4, -0.2) is 47.1 Å². The van der Waals surface area contributed by atoms with Crippen molar-refractivity contribution >= 4 is 24.3 Å². The zero-order valence-electron chi connectivity index (χ0n) is 13.0. The highest BCUT2D eigenvalue weighted by Gasteiger charge is 2.28. The second-order valence-corrected chi connectivity index (χ2v) is 5.55. The van der Waals surface area contributed by atoms with E-state index in [1.807, 2.05) is 11.8 Å². The number of piperidine rings is 1. The van der Waals surface area contributed by atoms with Crippen LogP contribution in [0.5, 0.6) is 0 Å². The monoisotopic (exact) mass is 344 g/mol. The lowest BCUT2D eigenvalue weighted by atomic mass is 10.0. The van der Waals surface area contributed by atoms with Crippen LogP contribution in [0, 0.1) is 5.82 Å². The SMILES string of the molecule is CCC(C(=O)O)N1CCC(NC(=O)c2ccc(F)cc2)CC1.Cl. The minimum absolute atomic E-state index is 0. The molecule has 0 aromatic heterocycles. The van der Waals surface area contributed by atoms with E-state index in [-0.39, 0.29) is 30.2 Å². The zero-order valence-corrected chi connectivity index (χ0v) is 13.8. The third-order valence-electron chi connectivity index (χ3n) is 4.08. The summed E-state index contributed by atoms with van der Waals surface area (Å²) in [5.74, 6) is -1.39. The molecule has 7 heteroatoms. The van der Waals surface area contributed by atoms with Crippen molar-refractivity contribution in [1.82, 2.24) is 10.2 Å². The Morgan fingerprint density at radius 2 is 1.87 bits per heavy atom. The van der Waals surface area contributed by atoms with Gasteiger partial charge in [-0.1, -0.05) is 6.92 Å². The fourth-order valence-corrected chi connectivity index (χ4v) is 2.81. The highest BCUT2D eigenvalue weighted by atomic mass is 35.5. The molecule has 2 rings (SSSR count). The third-order valence-corrected chi connectivity index (χ3v) is 4.08. The number of hydrogen-bond acceptors (Lipinski definition) is 3. The van der Waals surface area contributed by atoms with Gasteiger partial charge in [0.2, 0.25) is 0 Å². The number of nitrogens with one attached hydrogen (secondary N) is 1. The first-order valence-electron chi connectivity index (χ1n) is 7.54. The van der Waals surface area contributed by atoms with Crippen LogP contribution in [0.1, 0.15) is 36.5 Å². The standard InChI is InChI=1S/C16H21FN2O3.ClH/c1-2-14(16(21)22)19-9-7-13(8-10-19)18-15(20)11-3-5-12(17)6-4-11;/h3-6,13-14H,2,7-10H2,1H3,(H,18,20)(H,21,22);1H. The first-order valence-corrected chi connectivity index (χ1v) is 7.54. The summed E-state index contributed by atoms with van der Waals surface area (Å²) < 4.78 is 12.8. The molecule has 2 N–H and O–H groups in total. The second-order valence-electron chi connectivity index (χ2n) is 5.55. The van der Waals surface area contributed by atoms with Gasteiger partial charge in [-0.3, -0.25) is 14.5 Å². The number of carboxylic acid groups (broad SMARTS) is 1. The quantitative estimate of drug-likeness (QED) is 0.860. The van der Waals surface area contributed by atoms with Gasteiger partial charge in [-0.05, 0) is 43.5 Å². The molecule has 1 saturated heterocycles. The van der Waals surface area contributed by atoms with E-state index in [2.05, 4.69) is 5.32 Å². The third kappa shape index (κ3) is 5.18. The number of halogens is 2. The first-order chi connectivity index (χ1) is 10.5. The van der Waals surface area contributed by atoms with Gasteiger partial charge in [0.05, 0.1) is 0 Å². The Labute approximate surface area is 141 Å². The van der Waals surface area contributed by atoms with Gasteiger partial charge in [-0.25, -0.2) is 4.39 Å². The summed E-state index contributed by atoms with van der Waals surface area (Å²) in [4.78, 5) is 25.2. The van der Waals surface area contributed by atoms with Gasteiger partial charge in [-0.2, -0.15) is 0 Å². The summed E-state index contributed by atoms with van der Waals surface area (Å²) in [5, 5.41) is 12.1. The molecule has 1 unspecified atom stereocenters. The molecule has 0 spiro atoms. The molecule has 1 fully saturated rings. The highest BCUT2D eigenvalue weighted by molar-refractivity contribution is 5.94. The van der Waals surface area contributed by atoms with Crippen molar-refractivity contribution in [2.75, 3.05) is 13.1 Å². The fourth-order valence-electron chi connectivity index (χ4n) is 2.81. The topological polar surface area (TPSA) is 69.6 Å².